The zero-order chi connectivity index (χ0) is 22.9. The highest BCUT2D eigenvalue weighted by atomic mass is 32.2. The van der Waals surface area contributed by atoms with Gasteiger partial charge in [0.1, 0.15) is 23.4 Å². The number of nitriles is 1. The summed E-state index contributed by atoms with van der Waals surface area (Å²) < 4.78 is 109. The molecule has 0 saturated carbocycles. The molecule has 0 aromatic heterocycles. The van der Waals surface area contributed by atoms with E-state index < -0.39 is 62.3 Å². The Morgan fingerprint density at radius 3 is 2.43 bits per heavy atom. The van der Waals surface area contributed by atoms with Crippen LogP contribution in [0.4, 0.5) is 26.3 Å². The number of allylic oxidation sites excluding steroid dienone is 3. The summed E-state index contributed by atoms with van der Waals surface area (Å²) in [7, 11) is -6.03. The molecule has 1 atom stereocenters. The predicted octanol–water partition coefficient (Wildman–Crippen LogP) is 4.12. The fourth-order valence-electron chi connectivity index (χ4n) is 2.45. The van der Waals surface area contributed by atoms with Crippen LogP contribution in [0.25, 0.3) is 0 Å². The van der Waals surface area contributed by atoms with Crippen molar-refractivity contribution in [1.29, 1.82) is 5.26 Å². The normalized spacial score (nSPS) is 23.7. The number of hydrogen-bond acceptors (Lipinski definition) is 5. The third-order valence-electron chi connectivity index (χ3n) is 3.98. The highest BCUT2D eigenvalue weighted by molar-refractivity contribution is 7.96. The molecule has 0 heterocycles. The fourth-order valence-corrected chi connectivity index (χ4v) is 3.37. The van der Waals surface area contributed by atoms with Gasteiger partial charge in [-0.1, -0.05) is 6.58 Å². The van der Waals surface area contributed by atoms with Gasteiger partial charge in [0.05, 0.1) is 16.5 Å². The van der Waals surface area contributed by atoms with E-state index in [9.17, 15) is 39.9 Å². The van der Waals surface area contributed by atoms with Crippen LogP contribution in [-0.4, -0.2) is 31.1 Å². The van der Waals surface area contributed by atoms with Crippen LogP contribution in [0.2, 0.25) is 0 Å². The number of sulfone groups is 1. The first kappa shape index (κ1) is 23.5. The first-order chi connectivity index (χ1) is 13.7. The van der Waals surface area contributed by atoms with Gasteiger partial charge >= 0.3 is 5.51 Å². The molecule has 5 nitrogen and oxygen atoms in total. The zero-order valence-electron chi connectivity index (χ0n) is 14.9. The molecular formula is C18H13F6NO4S. The van der Waals surface area contributed by atoms with Crippen LogP contribution in [0.1, 0.15) is 18.4 Å². The van der Waals surface area contributed by atoms with E-state index in [1.165, 1.54) is 0 Å². The van der Waals surface area contributed by atoms with Crippen molar-refractivity contribution < 1.29 is 44.6 Å². The summed E-state index contributed by atoms with van der Waals surface area (Å²) in [4.78, 5) is -1.52. The molecule has 1 aromatic carbocycles. The smallest absolute Gasteiger partial charge is 0.457 e. The van der Waals surface area contributed by atoms with E-state index in [0.29, 0.717) is 12.2 Å². The van der Waals surface area contributed by atoms with Crippen molar-refractivity contribution in [2.45, 2.75) is 30.4 Å². The molecule has 12 heteroatoms. The number of rotatable bonds is 3. The number of ether oxygens (including phenoxy) is 1. The predicted molar refractivity (Wildman–Crippen MR) is 92.2 cm³/mol. The van der Waals surface area contributed by atoms with Gasteiger partial charge in [0.2, 0.25) is 0 Å². The van der Waals surface area contributed by atoms with Gasteiger partial charge in [0, 0.05) is 18.9 Å². The Morgan fingerprint density at radius 1 is 1.23 bits per heavy atom. The lowest BCUT2D eigenvalue weighted by Gasteiger charge is -2.24. The third-order valence-corrected chi connectivity index (χ3v) is 5.58. The first-order valence-electron chi connectivity index (χ1n) is 8.02. The molecule has 0 unspecified atom stereocenters. The maximum absolute atomic E-state index is 14.2. The minimum absolute atomic E-state index is 0.198. The fraction of sp³-hybridized carbons (Fsp3) is 0.278. The van der Waals surface area contributed by atoms with Gasteiger partial charge in [-0.3, -0.25) is 0 Å². The quantitative estimate of drug-likeness (QED) is 0.696. The van der Waals surface area contributed by atoms with Crippen LogP contribution in [0.5, 0.6) is 5.75 Å². The SMILES string of the molecule is C=C1CC(F)(F)[C@@H](O)C/C(S(=O)(=O)C(F)(F)F)=C\C=C/1Oc1cc(F)cc(C#N)c1. The Bertz CT molecular complexity index is 1070. The molecule has 0 amide bonds. The van der Waals surface area contributed by atoms with Crippen LogP contribution in [0.15, 0.2) is 53.2 Å². The van der Waals surface area contributed by atoms with Crippen molar-refractivity contribution in [3.05, 3.63) is 64.5 Å². The van der Waals surface area contributed by atoms with E-state index in [1.807, 2.05) is 0 Å². The first-order valence-corrected chi connectivity index (χ1v) is 9.50. The van der Waals surface area contributed by atoms with Crippen molar-refractivity contribution in [2.24, 2.45) is 0 Å². The van der Waals surface area contributed by atoms with Crippen LogP contribution in [0, 0.1) is 17.1 Å². The molecule has 2 rings (SSSR count). The van der Waals surface area contributed by atoms with Gasteiger partial charge in [-0.2, -0.15) is 18.4 Å². The lowest BCUT2D eigenvalue weighted by molar-refractivity contribution is -0.105. The van der Waals surface area contributed by atoms with Gasteiger partial charge in [0.25, 0.3) is 15.8 Å². The number of alkyl halides is 5. The number of halogens is 6. The standard InChI is InChI=1S/C18H13F6NO4S/c1-10-8-17(20,21)16(26)7-14(30(27,28)18(22,23)24)2-3-15(10)29-13-5-11(9-25)4-12(19)6-13/h2-6,16,26H,1,7-8H2/b14-2+,15-3+/t16-/m0/s1. The highest BCUT2D eigenvalue weighted by Gasteiger charge is 2.50. The second kappa shape index (κ2) is 8.16. The number of nitrogens with zero attached hydrogens (tertiary/aromatic N) is 1. The Balaban J connectivity index is 2.59. The highest BCUT2D eigenvalue weighted by Crippen LogP contribution is 2.38. The van der Waals surface area contributed by atoms with Gasteiger partial charge in [-0.15, -0.1) is 0 Å². The number of aliphatic hydroxyl groups is 1. The van der Waals surface area contributed by atoms with E-state index in [4.69, 9.17) is 10.00 Å². The van der Waals surface area contributed by atoms with E-state index in [2.05, 4.69) is 6.58 Å². The van der Waals surface area contributed by atoms with Gasteiger partial charge in [-0.05, 0) is 29.9 Å². The number of aliphatic hydroxyl groups excluding tert-OH is 1. The molecular weight excluding hydrogens is 440 g/mol. The average Bonchev–Trinajstić information content (AvgIpc) is 2.64. The minimum atomic E-state index is -6.03. The number of hydrogen-bond donors (Lipinski definition) is 1. The summed E-state index contributed by atoms with van der Waals surface area (Å²) in [6.07, 6.45) is -4.55. The molecule has 0 spiro atoms. The lowest BCUT2D eigenvalue weighted by atomic mass is 10.0. The van der Waals surface area contributed by atoms with Gasteiger partial charge in [0.15, 0.2) is 0 Å². The summed E-state index contributed by atoms with van der Waals surface area (Å²) in [5.74, 6) is -5.94. The average molecular weight is 453 g/mol. The molecule has 0 bridgehead atoms. The van der Waals surface area contributed by atoms with E-state index in [0.717, 1.165) is 18.2 Å². The van der Waals surface area contributed by atoms with Crippen LogP contribution in [-0.2, 0) is 9.84 Å². The van der Waals surface area contributed by atoms with Crippen molar-refractivity contribution in [2.75, 3.05) is 0 Å². The van der Waals surface area contributed by atoms with Crippen molar-refractivity contribution >= 4 is 9.84 Å². The van der Waals surface area contributed by atoms with E-state index >= 15 is 0 Å². The molecule has 1 aliphatic carbocycles. The van der Waals surface area contributed by atoms with Gasteiger partial charge < -0.3 is 9.84 Å². The summed E-state index contributed by atoms with van der Waals surface area (Å²) in [6.45, 7) is 3.32. The van der Waals surface area contributed by atoms with Crippen LogP contribution in [0.3, 0.4) is 0 Å². The van der Waals surface area contributed by atoms with E-state index in [-0.39, 0.29) is 11.3 Å². The molecule has 0 fully saturated rings. The molecule has 162 valence electrons. The maximum Gasteiger partial charge on any atom is 0.501 e. The summed E-state index contributed by atoms with van der Waals surface area (Å²) in [5.41, 5.74) is -6.50. The van der Waals surface area contributed by atoms with E-state index in [1.54, 1.807) is 6.07 Å². The number of benzene rings is 1. The van der Waals surface area contributed by atoms with Crippen molar-refractivity contribution in [1.82, 2.24) is 0 Å². The van der Waals surface area contributed by atoms with Crippen LogP contribution < -0.4 is 4.74 Å². The second-order valence-electron chi connectivity index (χ2n) is 6.26. The Kier molecular flexibility index (Phi) is 6.39. The minimum Gasteiger partial charge on any atom is -0.457 e. The monoisotopic (exact) mass is 453 g/mol. The molecule has 30 heavy (non-hydrogen) atoms. The molecule has 0 aliphatic heterocycles. The van der Waals surface area contributed by atoms with Crippen LogP contribution >= 0.6 is 0 Å². The summed E-state index contributed by atoms with van der Waals surface area (Å²) in [6, 6.07) is 4.26. The Morgan fingerprint density at radius 2 is 1.87 bits per heavy atom. The maximum atomic E-state index is 14.2. The summed E-state index contributed by atoms with van der Waals surface area (Å²) >= 11 is 0. The molecule has 1 aromatic rings. The van der Waals surface area contributed by atoms with Crippen molar-refractivity contribution in [3.8, 4) is 11.8 Å². The molecule has 1 N–H and O–H groups in total. The summed E-state index contributed by atoms with van der Waals surface area (Å²) in [5, 5.41) is 18.5. The largest absolute Gasteiger partial charge is 0.501 e. The molecule has 0 radical (unpaired) electrons. The molecule has 1 aliphatic rings. The molecule has 0 saturated heterocycles. The Labute approximate surface area is 167 Å². The third kappa shape index (κ3) is 5.03. The topological polar surface area (TPSA) is 87.4 Å². The lowest BCUT2D eigenvalue weighted by Crippen LogP contribution is -2.36. The second-order valence-corrected chi connectivity index (χ2v) is 8.26. The van der Waals surface area contributed by atoms with Gasteiger partial charge in [-0.25, -0.2) is 21.6 Å². The Hall–Kier alpha value is -2.78. The van der Waals surface area contributed by atoms with Crippen molar-refractivity contribution in [3.63, 3.8) is 0 Å². The zero-order valence-corrected chi connectivity index (χ0v) is 15.7.